The number of benzene rings is 3. The third kappa shape index (κ3) is 4.26. The van der Waals surface area contributed by atoms with E-state index in [0.717, 1.165) is 12.1 Å². The monoisotopic (exact) mass is 499 g/mol. The summed E-state index contributed by atoms with van der Waals surface area (Å²) in [5.74, 6) is -5.35. The third-order valence-corrected chi connectivity index (χ3v) is 6.96. The normalized spacial score (nSPS) is 15.2. The molecule has 0 unspecified atom stereocenters. The summed E-state index contributed by atoms with van der Waals surface area (Å²) in [6.45, 7) is -0.769. The molecule has 1 fully saturated rings. The molecular weight excluding hydrogens is 480 g/mol. The van der Waals surface area contributed by atoms with E-state index >= 15 is 0 Å². The Hall–Kier alpha value is -4.12. The molecule has 3 aromatic rings. The molecule has 1 aliphatic heterocycles. The number of hydrogen-bond donors (Lipinski definition) is 2. The van der Waals surface area contributed by atoms with Gasteiger partial charge >= 0.3 is 11.8 Å². The summed E-state index contributed by atoms with van der Waals surface area (Å²) in [5.41, 5.74) is -1.03. The predicted molar refractivity (Wildman–Crippen MR) is 122 cm³/mol. The Kier molecular flexibility index (Phi) is 6.35. The largest absolute Gasteiger partial charge is 0.341 e. The number of sulfone groups is 1. The van der Waals surface area contributed by atoms with Crippen LogP contribution in [-0.4, -0.2) is 43.5 Å². The Morgan fingerprint density at radius 1 is 0.886 bits per heavy atom. The first-order valence-corrected chi connectivity index (χ1v) is 11.9. The van der Waals surface area contributed by atoms with Crippen LogP contribution >= 0.6 is 0 Å². The average molecular weight is 499 g/mol. The van der Waals surface area contributed by atoms with E-state index < -0.39 is 50.4 Å². The molecule has 3 aromatic carbocycles. The number of anilines is 1. The van der Waals surface area contributed by atoms with Crippen molar-refractivity contribution in [1.29, 1.82) is 0 Å². The SMILES string of the molecule is O=C(CN1C(=O)NC(c2ccccc2)(c2ccccc2)C1=O)Nc1ccccc1S(=O)(=O)C(F)F. The van der Waals surface area contributed by atoms with Crippen LogP contribution in [0.15, 0.2) is 89.8 Å². The van der Waals surface area contributed by atoms with Gasteiger partial charge in [-0.2, -0.15) is 8.78 Å². The molecule has 2 N–H and O–H groups in total. The molecule has 0 atom stereocenters. The van der Waals surface area contributed by atoms with Gasteiger partial charge in [0.1, 0.15) is 6.54 Å². The van der Waals surface area contributed by atoms with Crippen LogP contribution in [0.25, 0.3) is 0 Å². The van der Waals surface area contributed by atoms with E-state index in [1.165, 1.54) is 12.1 Å². The maximum absolute atomic E-state index is 13.6. The minimum atomic E-state index is -5.00. The quantitative estimate of drug-likeness (QED) is 0.485. The molecule has 4 rings (SSSR count). The topological polar surface area (TPSA) is 113 Å². The van der Waals surface area contributed by atoms with Gasteiger partial charge in [0, 0.05) is 0 Å². The molecular formula is C24H19F2N3O5S. The van der Waals surface area contributed by atoms with E-state index in [9.17, 15) is 31.6 Å². The van der Waals surface area contributed by atoms with Crippen LogP contribution in [0.2, 0.25) is 0 Å². The lowest BCUT2D eigenvalue weighted by Crippen LogP contribution is -2.45. The number of hydrogen-bond acceptors (Lipinski definition) is 5. The highest BCUT2D eigenvalue weighted by Gasteiger charge is 2.54. The minimum absolute atomic E-state index is 0.387. The Morgan fingerprint density at radius 2 is 1.40 bits per heavy atom. The minimum Gasteiger partial charge on any atom is -0.323 e. The first-order chi connectivity index (χ1) is 16.7. The number of amides is 4. The number of nitrogens with zero attached hydrogens (tertiary/aromatic N) is 1. The van der Waals surface area contributed by atoms with Crippen molar-refractivity contribution in [3.05, 3.63) is 96.1 Å². The molecule has 1 aliphatic rings. The third-order valence-electron chi connectivity index (χ3n) is 5.52. The van der Waals surface area contributed by atoms with Gasteiger partial charge in [-0.25, -0.2) is 13.2 Å². The van der Waals surface area contributed by atoms with Gasteiger partial charge < -0.3 is 10.6 Å². The summed E-state index contributed by atoms with van der Waals surface area (Å²) in [6.07, 6.45) is 0. The molecule has 180 valence electrons. The second-order valence-corrected chi connectivity index (χ2v) is 9.54. The fourth-order valence-electron chi connectivity index (χ4n) is 3.90. The summed E-state index contributed by atoms with van der Waals surface area (Å²) in [5, 5.41) is 4.90. The van der Waals surface area contributed by atoms with Gasteiger partial charge in [0.05, 0.1) is 10.6 Å². The van der Waals surface area contributed by atoms with Gasteiger partial charge in [0.15, 0.2) is 5.54 Å². The molecule has 0 aliphatic carbocycles. The fraction of sp³-hybridized carbons (Fsp3) is 0.125. The molecule has 0 radical (unpaired) electrons. The highest BCUT2D eigenvalue weighted by atomic mass is 32.2. The van der Waals surface area contributed by atoms with Crippen molar-refractivity contribution < 1.29 is 31.6 Å². The molecule has 0 bridgehead atoms. The molecule has 11 heteroatoms. The summed E-state index contributed by atoms with van der Waals surface area (Å²) < 4.78 is 50.0. The molecule has 4 amide bonds. The van der Waals surface area contributed by atoms with Gasteiger partial charge in [0.25, 0.3) is 5.91 Å². The molecule has 0 saturated carbocycles. The van der Waals surface area contributed by atoms with Crippen LogP contribution in [0.5, 0.6) is 0 Å². The molecule has 1 heterocycles. The summed E-state index contributed by atoms with van der Waals surface area (Å²) >= 11 is 0. The van der Waals surface area contributed by atoms with E-state index in [-0.39, 0.29) is 5.69 Å². The van der Waals surface area contributed by atoms with Crippen LogP contribution in [0.1, 0.15) is 11.1 Å². The van der Waals surface area contributed by atoms with Crippen molar-refractivity contribution in [3.63, 3.8) is 0 Å². The van der Waals surface area contributed by atoms with Crippen LogP contribution in [0.4, 0.5) is 19.3 Å². The van der Waals surface area contributed by atoms with Gasteiger partial charge in [0.2, 0.25) is 15.7 Å². The van der Waals surface area contributed by atoms with E-state index in [1.54, 1.807) is 60.7 Å². The van der Waals surface area contributed by atoms with Gasteiger partial charge in [-0.05, 0) is 23.3 Å². The van der Waals surface area contributed by atoms with Crippen molar-refractivity contribution in [2.75, 3.05) is 11.9 Å². The Bertz CT molecular complexity index is 1340. The number of imide groups is 1. The van der Waals surface area contributed by atoms with Crippen molar-refractivity contribution in [1.82, 2.24) is 10.2 Å². The average Bonchev–Trinajstić information content (AvgIpc) is 3.11. The van der Waals surface area contributed by atoms with Crippen LogP contribution in [0, 0.1) is 0 Å². The van der Waals surface area contributed by atoms with E-state index in [2.05, 4.69) is 10.6 Å². The number of para-hydroxylation sites is 1. The lowest BCUT2D eigenvalue weighted by molar-refractivity contribution is -0.133. The van der Waals surface area contributed by atoms with Crippen LogP contribution < -0.4 is 10.6 Å². The highest BCUT2D eigenvalue weighted by molar-refractivity contribution is 7.91. The zero-order valence-electron chi connectivity index (χ0n) is 18.0. The van der Waals surface area contributed by atoms with E-state index in [1.807, 2.05) is 0 Å². The number of nitrogens with one attached hydrogen (secondary N) is 2. The fourth-order valence-corrected chi connectivity index (χ4v) is 4.79. The number of alkyl halides is 2. The maximum atomic E-state index is 13.6. The Morgan fingerprint density at radius 3 is 1.94 bits per heavy atom. The van der Waals surface area contributed by atoms with Gasteiger partial charge in [-0.3, -0.25) is 14.5 Å². The number of carbonyl (C=O) groups is 3. The summed E-state index contributed by atoms with van der Waals surface area (Å²) in [6, 6.07) is 20.8. The van der Waals surface area contributed by atoms with Crippen LogP contribution in [-0.2, 0) is 25.0 Å². The lowest BCUT2D eigenvalue weighted by atomic mass is 9.82. The number of halogens is 2. The van der Waals surface area contributed by atoms with E-state index in [4.69, 9.17) is 0 Å². The number of rotatable bonds is 7. The van der Waals surface area contributed by atoms with Gasteiger partial charge in [-0.15, -0.1) is 0 Å². The van der Waals surface area contributed by atoms with Crippen LogP contribution in [0.3, 0.4) is 0 Å². The van der Waals surface area contributed by atoms with Gasteiger partial charge in [-0.1, -0.05) is 72.8 Å². The van der Waals surface area contributed by atoms with Crippen molar-refractivity contribution in [2.24, 2.45) is 0 Å². The summed E-state index contributed by atoms with van der Waals surface area (Å²) in [7, 11) is -5.00. The molecule has 0 spiro atoms. The van der Waals surface area contributed by atoms with Crippen molar-refractivity contribution >= 4 is 33.4 Å². The maximum Gasteiger partial charge on any atom is 0.341 e. The molecule has 8 nitrogen and oxygen atoms in total. The first-order valence-electron chi connectivity index (χ1n) is 10.3. The highest BCUT2D eigenvalue weighted by Crippen LogP contribution is 2.36. The Labute approximate surface area is 199 Å². The van der Waals surface area contributed by atoms with E-state index in [0.29, 0.717) is 16.0 Å². The zero-order valence-corrected chi connectivity index (χ0v) is 18.8. The Balaban J connectivity index is 1.64. The smallest absolute Gasteiger partial charge is 0.323 e. The second-order valence-electron chi connectivity index (χ2n) is 7.65. The number of carbonyl (C=O) groups excluding carboxylic acids is 3. The lowest BCUT2D eigenvalue weighted by Gasteiger charge is -2.28. The summed E-state index contributed by atoms with van der Waals surface area (Å²) in [4.78, 5) is 39.1. The van der Waals surface area contributed by atoms with Crippen molar-refractivity contribution in [2.45, 2.75) is 16.2 Å². The molecule has 1 saturated heterocycles. The predicted octanol–water partition coefficient (Wildman–Crippen LogP) is 3.12. The zero-order chi connectivity index (χ0) is 25.2. The number of urea groups is 1. The second kappa shape index (κ2) is 9.26. The standard InChI is InChI=1S/C24H19F2N3O5S/c25-22(26)35(33,34)19-14-8-7-13-18(19)27-20(30)15-29-21(31)24(28-23(29)32,16-9-3-1-4-10-16)17-11-5-2-6-12-17/h1-14,22H,15H2,(H,27,30)(H,28,32). The first kappa shape index (κ1) is 24.0. The molecule has 35 heavy (non-hydrogen) atoms. The molecule has 0 aromatic heterocycles. The van der Waals surface area contributed by atoms with Crippen molar-refractivity contribution in [3.8, 4) is 0 Å².